The number of rotatable bonds is 12. The molecule has 0 saturated heterocycles. The molecule has 0 aliphatic rings. The highest BCUT2D eigenvalue weighted by atomic mass is 32.2. The summed E-state index contributed by atoms with van der Waals surface area (Å²) in [6, 6.07) is 16.5. The van der Waals surface area contributed by atoms with E-state index in [4.69, 9.17) is 0 Å². The number of carbonyl (C=O) groups is 2. The van der Waals surface area contributed by atoms with Gasteiger partial charge in [0.15, 0.2) is 0 Å². The predicted molar refractivity (Wildman–Crippen MR) is 133 cm³/mol. The number of carbonyl (C=O) groups excluding carboxylic acids is 2. The number of sulfonamides is 1. The number of nitrogens with zero attached hydrogens (tertiary/aromatic N) is 2. The number of para-hydroxylation sites is 1. The van der Waals surface area contributed by atoms with Crippen LogP contribution in [-0.4, -0.2) is 57.6 Å². The van der Waals surface area contributed by atoms with Gasteiger partial charge in [0.1, 0.15) is 6.04 Å². The number of likely N-dealkylation sites (N-methyl/N-ethyl adjacent to an activating group) is 1. The third-order valence-electron chi connectivity index (χ3n) is 5.65. The molecule has 0 aliphatic heterocycles. The normalized spacial score (nSPS) is 12.1. The Kier molecular flexibility index (Phi) is 9.91. The number of hydrogen-bond donors (Lipinski definition) is 1. The van der Waals surface area contributed by atoms with Crippen molar-refractivity contribution in [3.8, 4) is 0 Å². The van der Waals surface area contributed by atoms with E-state index in [2.05, 4.69) is 5.32 Å². The van der Waals surface area contributed by atoms with Gasteiger partial charge in [-0.2, -0.15) is 0 Å². The molecule has 0 radical (unpaired) electrons. The predicted octanol–water partition coefficient (Wildman–Crippen LogP) is 3.14. The average Bonchev–Trinajstić information content (AvgIpc) is 2.79. The molecular formula is C25H35N3O4S. The van der Waals surface area contributed by atoms with Crippen molar-refractivity contribution < 1.29 is 18.0 Å². The zero-order valence-corrected chi connectivity index (χ0v) is 20.8. The Hall–Kier alpha value is -2.87. The summed E-state index contributed by atoms with van der Waals surface area (Å²) in [7, 11) is -1.93. The minimum atomic E-state index is -3.50. The number of nitrogens with one attached hydrogen (secondary N) is 1. The van der Waals surface area contributed by atoms with Gasteiger partial charge in [-0.05, 0) is 43.4 Å². The van der Waals surface area contributed by atoms with Gasteiger partial charge in [0.25, 0.3) is 0 Å². The van der Waals surface area contributed by atoms with Gasteiger partial charge in [0, 0.05) is 26.6 Å². The fraction of sp³-hybridized carbons (Fsp3) is 0.440. The van der Waals surface area contributed by atoms with Crippen LogP contribution in [-0.2, 0) is 26.0 Å². The number of benzene rings is 2. The topological polar surface area (TPSA) is 86.8 Å². The molecule has 0 bridgehead atoms. The van der Waals surface area contributed by atoms with Crippen LogP contribution in [0.4, 0.5) is 5.69 Å². The molecule has 2 aromatic carbocycles. The second-order valence-electron chi connectivity index (χ2n) is 8.09. The summed E-state index contributed by atoms with van der Waals surface area (Å²) >= 11 is 0. The molecule has 0 heterocycles. The van der Waals surface area contributed by atoms with E-state index in [0.29, 0.717) is 31.5 Å². The quantitative estimate of drug-likeness (QED) is 0.513. The van der Waals surface area contributed by atoms with Crippen LogP contribution in [0.3, 0.4) is 0 Å². The van der Waals surface area contributed by atoms with Crippen molar-refractivity contribution in [2.24, 2.45) is 0 Å². The molecule has 0 spiro atoms. The summed E-state index contributed by atoms with van der Waals surface area (Å²) in [5.41, 5.74) is 2.56. The van der Waals surface area contributed by atoms with Crippen molar-refractivity contribution in [1.29, 1.82) is 0 Å². The molecule has 2 aromatic rings. The fourth-order valence-electron chi connectivity index (χ4n) is 3.89. The van der Waals surface area contributed by atoms with E-state index in [-0.39, 0.29) is 24.8 Å². The third-order valence-corrected chi connectivity index (χ3v) is 6.83. The monoisotopic (exact) mass is 473 g/mol. The van der Waals surface area contributed by atoms with Gasteiger partial charge in [-0.25, -0.2) is 8.42 Å². The molecule has 1 atom stereocenters. The van der Waals surface area contributed by atoms with Crippen molar-refractivity contribution in [2.75, 3.05) is 30.7 Å². The maximum Gasteiger partial charge on any atom is 0.242 e. The summed E-state index contributed by atoms with van der Waals surface area (Å²) < 4.78 is 26.2. The SMILES string of the molecule is CC[C@H](C(=O)NC)N(CCc1ccccc1)C(=O)CCCN(c1ccccc1C)S(C)(=O)=O. The Morgan fingerprint density at radius 1 is 1.00 bits per heavy atom. The largest absolute Gasteiger partial charge is 0.357 e. The summed E-state index contributed by atoms with van der Waals surface area (Å²) in [6.07, 6.45) is 2.82. The van der Waals surface area contributed by atoms with E-state index in [0.717, 1.165) is 11.1 Å². The first kappa shape index (κ1) is 26.4. The standard InChI is InChI=1S/C25H35N3O4S/c1-5-22(25(30)26-3)27(19-17-21-13-7-6-8-14-21)24(29)16-11-18-28(33(4,31)32)23-15-10-9-12-20(23)2/h6-10,12-15,22H,5,11,16-19H2,1-4H3,(H,26,30)/t22-/m1/s1. The molecular weight excluding hydrogens is 438 g/mol. The molecule has 180 valence electrons. The molecule has 0 saturated carbocycles. The summed E-state index contributed by atoms with van der Waals surface area (Å²) in [5.74, 6) is -0.351. The van der Waals surface area contributed by atoms with Crippen molar-refractivity contribution in [3.63, 3.8) is 0 Å². The van der Waals surface area contributed by atoms with Crippen LogP contribution in [0.25, 0.3) is 0 Å². The molecule has 0 unspecified atom stereocenters. The molecule has 0 aromatic heterocycles. The van der Waals surface area contributed by atoms with E-state index < -0.39 is 16.1 Å². The first-order chi connectivity index (χ1) is 15.7. The van der Waals surface area contributed by atoms with E-state index in [1.807, 2.05) is 56.3 Å². The molecule has 2 amide bonds. The van der Waals surface area contributed by atoms with Gasteiger partial charge in [-0.3, -0.25) is 13.9 Å². The van der Waals surface area contributed by atoms with Crippen LogP contribution in [0, 0.1) is 6.92 Å². The number of aryl methyl sites for hydroxylation is 1. The molecule has 33 heavy (non-hydrogen) atoms. The Morgan fingerprint density at radius 3 is 2.21 bits per heavy atom. The summed E-state index contributed by atoms with van der Waals surface area (Å²) in [4.78, 5) is 27.3. The Labute approximate surface area is 197 Å². The van der Waals surface area contributed by atoms with E-state index in [1.54, 1.807) is 24.1 Å². The first-order valence-corrected chi connectivity index (χ1v) is 13.1. The molecule has 0 fully saturated rings. The van der Waals surface area contributed by atoms with Crippen molar-refractivity contribution in [1.82, 2.24) is 10.2 Å². The van der Waals surface area contributed by atoms with Gasteiger partial charge in [-0.1, -0.05) is 55.5 Å². The minimum Gasteiger partial charge on any atom is -0.357 e. The van der Waals surface area contributed by atoms with Gasteiger partial charge >= 0.3 is 0 Å². The highest BCUT2D eigenvalue weighted by Crippen LogP contribution is 2.23. The van der Waals surface area contributed by atoms with Crippen LogP contribution in [0.2, 0.25) is 0 Å². The number of hydrogen-bond acceptors (Lipinski definition) is 4. The first-order valence-electron chi connectivity index (χ1n) is 11.3. The Balaban J connectivity index is 2.13. The van der Waals surface area contributed by atoms with Gasteiger partial charge in [-0.15, -0.1) is 0 Å². The van der Waals surface area contributed by atoms with Crippen molar-refractivity contribution in [3.05, 3.63) is 65.7 Å². The second-order valence-corrected chi connectivity index (χ2v) is 9.99. The molecule has 1 N–H and O–H groups in total. The van der Waals surface area contributed by atoms with E-state index >= 15 is 0 Å². The molecule has 2 rings (SSSR count). The van der Waals surface area contributed by atoms with Crippen LogP contribution < -0.4 is 9.62 Å². The second kappa shape index (κ2) is 12.4. The van der Waals surface area contributed by atoms with Crippen molar-refractivity contribution in [2.45, 2.75) is 45.6 Å². The van der Waals surface area contributed by atoms with Crippen molar-refractivity contribution >= 4 is 27.5 Å². The zero-order valence-electron chi connectivity index (χ0n) is 20.0. The lowest BCUT2D eigenvalue weighted by Crippen LogP contribution is -2.49. The van der Waals surface area contributed by atoms with Gasteiger partial charge < -0.3 is 10.2 Å². The highest BCUT2D eigenvalue weighted by molar-refractivity contribution is 7.92. The molecule has 0 aliphatic carbocycles. The lowest BCUT2D eigenvalue weighted by Gasteiger charge is -2.31. The maximum absolute atomic E-state index is 13.2. The fourth-order valence-corrected chi connectivity index (χ4v) is 4.91. The van der Waals surface area contributed by atoms with Crippen LogP contribution >= 0.6 is 0 Å². The van der Waals surface area contributed by atoms with Crippen LogP contribution in [0.1, 0.15) is 37.3 Å². The van der Waals surface area contributed by atoms with Gasteiger partial charge in [0.05, 0.1) is 11.9 Å². The summed E-state index contributed by atoms with van der Waals surface area (Å²) in [5, 5.41) is 2.65. The Bertz CT molecular complexity index is 1020. The smallest absolute Gasteiger partial charge is 0.242 e. The van der Waals surface area contributed by atoms with E-state index in [9.17, 15) is 18.0 Å². The van der Waals surface area contributed by atoms with Gasteiger partial charge in [0.2, 0.25) is 21.8 Å². The number of anilines is 1. The molecule has 7 nitrogen and oxygen atoms in total. The number of amides is 2. The van der Waals surface area contributed by atoms with Crippen LogP contribution in [0.15, 0.2) is 54.6 Å². The lowest BCUT2D eigenvalue weighted by molar-refractivity contribution is -0.140. The lowest BCUT2D eigenvalue weighted by atomic mass is 10.1. The van der Waals surface area contributed by atoms with E-state index in [1.165, 1.54) is 10.6 Å². The third kappa shape index (κ3) is 7.60. The molecule has 8 heteroatoms. The maximum atomic E-state index is 13.2. The van der Waals surface area contributed by atoms with Crippen LogP contribution in [0.5, 0.6) is 0 Å². The zero-order chi connectivity index (χ0) is 24.4. The highest BCUT2D eigenvalue weighted by Gasteiger charge is 2.28. The summed E-state index contributed by atoms with van der Waals surface area (Å²) in [6.45, 7) is 4.35. The Morgan fingerprint density at radius 2 is 1.64 bits per heavy atom. The average molecular weight is 474 g/mol. The minimum absolute atomic E-state index is 0.153.